The van der Waals surface area contributed by atoms with Crippen LogP contribution in [0.15, 0.2) is 0 Å². The van der Waals surface area contributed by atoms with Gasteiger partial charge in [-0.1, -0.05) is 0 Å². The Morgan fingerprint density at radius 1 is 0.690 bits per heavy atom. The molecule has 2 aromatic heterocycles. The molecular formula is C21H28N6O2. The highest BCUT2D eigenvalue weighted by molar-refractivity contribution is 5.95. The normalized spacial score (nSPS) is 16.9. The zero-order valence-electron chi connectivity index (χ0n) is 18.2. The van der Waals surface area contributed by atoms with Gasteiger partial charge in [0.2, 0.25) is 0 Å². The second-order valence-electron chi connectivity index (χ2n) is 7.76. The van der Waals surface area contributed by atoms with Gasteiger partial charge >= 0.3 is 0 Å². The second kappa shape index (κ2) is 7.85. The molecule has 0 aliphatic carbocycles. The Kier molecular flexibility index (Phi) is 5.64. The minimum Gasteiger partial charge on any atom is -0.333 e. The largest absolute Gasteiger partial charge is 0.333 e. The van der Waals surface area contributed by atoms with Crippen LogP contribution in [0.1, 0.15) is 62.1 Å². The highest BCUT2D eigenvalue weighted by atomic mass is 16.2. The summed E-state index contributed by atoms with van der Waals surface area (Å²) in [4.78, 5) is 47.4. The number of piperazine rings is 1. The monoisotopic (exact) mass is 396 g/mol. The predicted octanol–water partition coefficient (Wildman–Crippen LogP) is 2.10. The fourth-order valence-corrected chi connectivity index (χ4v) is 3.56. The van der Waals surface area contributed by atoms with Crippen molar-refractivity contribution in [1.29, 1.82) is 0 Å². The van der Waals surface area contributed by atoms with Gasteiger partial charge in [0, 0.05) is 25.7 Å². The molecule has 0 spiro atoms. The van der Waals surface area contributed by atoms with Crippen molar-refractivity contribution in [3.05, 3.63) is 45.6 Å². The molecule has 0 aromatic carbocycles. The van der Waals surface area contributed by atoms with E-state index in [0.717, 1.165) is 22.8 Å². The zero-order valence-corrected chi connectivity index (χ0v) is 18.2. The average molecular weight is 396 g/mol. The molecule has 0 bridgehead atoms. The number of hydrogen-bond acceptors (Lipinski definition) is 6. The van der Waals surface area contributed by atoms with Crippen LogP contribution in [-0.4, -0.2) is 67.2 Å². The minimum absolute atomic E-state index is 0.136. The Morgan fingerprint density at radius 3 is 1.62 bits per heavy atom. The van der Waals surface area contributed by atoms with E-state index in [1.54, 1.807) is 23.6 Å². The maximum atomic E-state index is 13.1. The summed E-state index contributed by atoms with van der Waals surface area (Å²) in [6, 6.07) is -0.136. The van der Waals surface area contributed by atoms with E-state index in [4.69, 9.17) is 0 Å². The zero-order chi connectivity index (χ0) is 21.5. The summed E-state index contributed by atoms with van der Waals surface area (Å²) in [7, 11) is 0. The van der Waals surface area contributed by atoms with Crippen molar-refractivity contribution in [1.82, 2.24) is 29.7 Å². The molecule has 8 nitrogen and oxygen atoms in total. The Hall–Kier alpha value is -2.90. The number of nitrogens with zero attached hydrogens (tertiary/aromatic N) is 6. The first-order valence-corrected chi connectivity index (χ1v) is 9.84. The molecule has 1 aliphatic rings. The van der Waals surface area contributed by atoms with Gasteiger partial charge in [-0.2, -0.15) is 0 Å². The fraction of sp³-hybridized carbons (Fsp3) is 0.524. The maximum Gasteiger partial charge on any atom is 0.274 e. The van der Waals surface area contributed by atoms with Gasteiger partial charge in [0.05, 0.1) is 34.2 Å². The van der Waals surface area contributed by atoms with Crippen molar-refractivity contribution in [2.45, 2.75) is 54.5 Å². The van der Waals surface area contributed by atoms with Crippen molar-refractivity contribution in [3.63, 3.8) is 0 Å². The summed E-state index contributed by atoms with van der Waals surface area (Å²) >= 11 is 0. The number of amides is 2. The summed E-state index contributed by atoms with van der Waals surface area (Å²) in [6.45, 7) is 14.3. The lowest BCUT2D eigenvalue weighted by Crippen LogP contribution is -2.55. The van der Waals surface area contributed by atoms with Crippen LogP contribution >= 0.6 is 0 Å². The molecule has 0 saturated carbocycles. The number of carbonyl (C=O) groups excluding carboxylic acids is 2. The van der Waals surface area contributed by atoms with E-state index in [9.17, 15) is 9.59 Å². The molecule has 1 atom stereocenters. The van der Waals surface area contributed by atoms with Crippen molar-refractivity contribution in [2.75, 3.05) is 19.6 Å². The molecule has 0 unspecified atom stereocenters. The van der Waals surface area contributed by atoms with Crippen LogP contribution in [0, 0.1) is 41.5 Å². The van der Waals surface area contributed by atoms with Crippen molar-refractivity contribution >= 4 is 11.8 Å². The predicted molar refractivity (Wildman–Crippen MR) is 109 cm³/mol. The number of aryl methyl sites for hydroxylation is 6. The molecule has 2 aromatic rings. The SMILES string of the molecule is Cc1nc(C)c(C(=O)N2CCN(C(=O)c3nc(C)c(C)nc3C)[C@@H](C)C2)nc1C. The van der Waals surface area contributed by atoms with Crippen LogP contribution in [-0.2, 0) is 0 Å². The van der Waals surface area contributed by atoms with Crippen LogP contribution in [0.25, 0.3) is 0 Å². The van der Waals surface area contributed by atoms with Crippen molar-refractivity contribution < 1.29 is 9.59 Å². The number of aromatic nitrogens is 4. The molecule has 1 aliphatic heterocycles. The quantitative estimate of drug-likeness (QED) is 0.772. The van der Waals surface area contributed by atoms with Gasteiger partial charge in [0.1, 0.15) is 11.4 Å². The summed E-state index contributed by atoms with van der Waals surface area (Å²) in [5, 5.41) is 0. The van der Waals surface area contributed by atoms with Gasteiger partial charge in [-0.25, -0.2) is 9.97 Å². The lowest BCUT2D eigenvalue weighted by molar-refractivity contribution is 0.0406. The molecule has 8 heteroatoms. The first-order valence-electron chi connectivity index (χ1n) is 9.84. The van der Waals surface area contributed by atoms with E-state index in [0.29, 0.717) is 42.4 Å². The van der Waals surface area contributed by atoms with Gasteiger partial charge in [-0.05, 0) is 48.5 Å². The standard InChI is InChI=1S/C21H28N6O2/c1-11-10-26(20(28)18-16(6)22-12(2)14(4)24-18)8-9-27(11)21(29)19-17(7)23-13(3)15(5)25-19/h11H,8-10H2,1-7H3/t11-/m0/s1. The molecule has 1 fully saturated rings. The number of rotatable bonds is 2. The van der Waals surface area contributed by atoms with Crippen LogP contribution in [0.2, 0.25) is 0 Å². The third kappa shape index (κ3) is 3.97. The molecular weight excluding hydrogens is 368 g/mol. The van der Waals surface area contributed by atoms with E-state index in [2.05, 4.69) is 19.9 Å². The molecule has 29 heavy (non-hydrogen) atoms. The number of hydrogen-bond donors (Lipinski definition) is 0. The van der Waals surface area contributed by atoms with Gasteiger partial charge in [0.25, 0.3) is 11.8 Å². The van der Waals surface area contributed by atoms with E-state index in [1.807, 2.05) is 34.6 Å². The highest BCUT2D eigenvalue weighted by Gasteiger charge is 2.33. The molecule has 0 radical (unpaired) electrons. The third-order valence-electron chi connectivity index (χ3n) is 5.54. The second-order valence-corrected chi connectivity index (χ2v) is 7.76. The Balaban J connectivity index is 1.77. The Morgan fingerprint density at radius 2 is 1.14 bits per heavy atom. The van der Waals surface area contributed by atoms with Crippen molar-refractivity contribution in [2.24, 2.45) is 0 Å². The lowest BCUT2D eigenvalue weighted by atomic mass is 10.1. The Bertz CT molecular complexity index is 988. The average Bonchev–Trinajstić information content (AvgIpc) is 2.66. The lowest BCUT2D eigenvalue weighted by Gasteiger charge is -2.39. The van der Waals surface area contributed by atoms with Crippen LogP contribution in [0.3, 0.4) is 0 Å². The molecule has 2 amide bonds. The van der Waals surface area contributed by atoms with Crippen LogP contribution < -0.4 is 0 Å². The summed E-state index contributed by atoms with van der Waals surface area (Å²) < 4.78 is 0. The summed E-state index contributed by atoms with van der Waals surface area (Å²) in [5.74, 6) is -0.279. The molecule has 0 N–H and O–H groups in total. The van der Waals surface area contributed by atoms with E-state index in [-0.39, 0.29) is 17.9 Å². The van der Waals surface area contributed by atoms with Crippen molar-refractivity contribution in [3.8, 4) is 0 Å². The van der Waals surface area contributed by atoms with Crippen LogP contribution in [0.5, 0.6) is 0 Å². The van der Waals surface area contributed by atoms with E-state index < -0.39 is 0 Å². The first kappa shape index (κ1) is 20.8. The van der Waals surface area contributed by atoms with Gasteiger partial charge in [0.15, 0.2) is 0 Å². The molecule has 3 rings (SSSR count). The molecule has 154 valence electrons. The highest BCUT2D eigenvalue weighted by Crippen LogP contribution is 2.18. The fourth-order valence-electron chi connectivity index (χ4n) is 3.56. The maximum absolute atomic E-state index is 13.1. The minimum atomic E-state index is -0.140. The first-order chi connectivity index (χ1) is 13.6. The van der Waals surface area contributed by atoms with Gasteiger partial charge in [-0.15, -0.1) is 0 Å². The third-order valence-corrected chi connectivity index (χ3v) is 5.54. The molecule has 3 heterocycles. The Labute approximate surface area is 171 Å². The van der Waals surface area contributed by atoms with E-state index >= 15 is 0 Å². The number of carbonyl (C=O) groups is 2. The van der Waals surface area contributed by atoms with E-state index in [1.165, 1.54) is 0 Å². The topological polar surface area (TPSA) is 92.2 Å². The molecule has 1 saturated heterocycles. The smallest absolute Gasteiger partial charge is 0.274 e. The van der Waals surface area contributed by atoms with Gasteiger partial charge in [-0.3, -0.25) is 19.6 Å². The van der Waals surface area contributed by atoms with Gasteiger partial charge < -0.3 is 9.80 Å². The summed E-state index contributed by atoms with van der Waals surface area (Å²) in [6.07, 6.45) is 0. The summed E-state index contributed by atoms with van der Waals surface area (Å²) in [5.41, 5.74) is 5.19. The van der Waals surface area contributed by atoms with Crippen LogP contribution in [0.4, 0.5) is 0 Å².